The first-order chi connectivity index (χ1) is 5.24. The second-order valence-electron chi connectivity index (χ2n) is 2.36. The fraction of sp³-hybridized carbons (Fsp3) is 0.250. The van der Waals surface area contributed by atoms with E-state index in [-0.39, 0.29) is 62.9 Å². The van der Waals surface area contributed by atoms with Crippen LogP contribution < -0.4 is 5.73 Å². The number of phenolic OH excluding ortho intramolecular Hbond substituents is 2. The van der Waals surface area contributed by atoms with Crippen molar-refractivity contribution >= 4 is 51.4 Å². The SMILES string of the molecule is NCCc1ccc(O)c(O)c1.[KH]. The van der Waals surface area contributed by atoms with Crippen LogP contribution >= 0.6 is 0 Å². The normalized spacial score (nSPS) is 9.08. The maximum absolute atomic E-state index is 9.04. The summed E-state index contributed by atoms with van der Waals surface area (Å²) in [5.41, 5.74) is 6.24. The summed E-state index contributed by atoms with van der Waals surface area (Å²) in [5, 5.41) is 18.0. The molecule has 0 unspecified atom stereocenters. The summed E-state index contributed by atoms with van der Waals surface area (Å²) >= 11 is 0. The second-order valence-corrected chi connectivity index (χ2v) is 2.36. The summed E-state index contributed by atoms with van der Waals surface area (Å²) in [4.78, 5) is 0. The molecule has 0 heterocycles. The van der Waals surface area contributed by atoms with Crippen molar-refractivity contribution in [3.63, 3.8) is 0 Å². The number of rotatable bonds is 2. The zero-order chi connectivity index (χ0) is 8.27. The molecule has 0 bridgehead atoms. The summed E-state index contributed by atoms with van der Waals surface area (Å²) < 4.78 is 0. The molecule has 0 aliphatic rings. The molecular weight excluding hydrogens is 181 g/mol. The topological polar surface area (TPSA) is 66.5 Å². The monoisotopic (exact) mass is 193 g/mol. The molecule has 12 heavy (non-hydrogen) atoms. The van der Waals surface area contributed by atoms with Gasteiger partial charge in [-0.15, -0.1) is 0 Å². The van der Waals surface area contributed by atoms with Crippen LogP contribution in [0.15, 0.2) is 18.2 Å². The first kappa shape index (κ1) is 12.4. The Morgan fingerprint density at radius 1 is 1.17 bits per heavy atom. The van der Waals surface area contributed by atoms with E-state index in [1.165, 1.54) is 12.1 Å². The Bertz CT molecular complexity index is 253. The van der Waals surface area contributed by atoms with E-state index in [4.69, 9.17) is 15.9 Å². The van der Waals surface area contributed by atoms with Gasteiger partial charge in [-0.05, 0) is 30.7 Å². The number of nitrogens with two attached hydrogens (primary N) is 1. The summed E-state index contributed by atoms with van der Waals surface area (Å²) in [6.45, 7) is 0.546. The van der Waals surface area contributed by atoms with Gasteiger partial charge in [-0.2, -0.15) is 0 Å². The quantitative estimate of drug-likeness (QED) is 0.456. The average molecular weight is 193 g/mol. The molecule has 0 amide bonds. The van der Waals surface area contributed by atoms with Crippen molar-refractivity contribution in [2.24, 2.45) is 5.73 Å². The van der Waals surface area contributed by atoms with Gasteiger partial charge in [0.25, 0.3) is 0 Å². The first-order valence-corrected chi connectivity index (χ1v) is 3.45. The van der Waals surface area contributed by atoms with Crippen LogP contribution in [0.3, 0.4) is 0 Å². The Labute approximate surface area is 114 Å². The molecule has 0 saturated carbocycles. The van der Waals surface area contributed by atoms with Gasteiger partial charge in [-0.1, -0.05) is 6.07 Å². The van der Waals surface area contributed by atoms with E-state index < -0.39 is 0 Å². The molecule has 0 radical (unpaired) electrons. The van der Waals surface area contributed by atoms with Gasteiger partial charge in [0, 0.05) is 0 Å². The van der Waals surface area contributed by atoms with Crippen LogP contribution in [0.4, 0.5) is 0 Å². The van der Waals surface area contributed by atoms with Gasteiger partial charge in [-0.3, -0.25) is 0 Å². The fourth-order valence-electron chi connectivity index (χ4n) is 0.891. The number of hydrogen-bond donors (Lipinski definition) is 3. The van der Waals surface area contributed by atoms with E-state index in [1.54, 1.807) is 6.07 Å². The summed E-state index contributed by atoms with van der Waals surface area (Å²) in [6, 6.07) is 4.71. The minimum atomic E-state index is -0.0919. The predicted octanol–water partition coefficient (Wildman–Crippen LogP) is -0.0495. The Balaban J connectivity index is 0.00000121. The molecule has 0 atom stereocenters. The van der Waals surface area contributed by atoms with Crippen LogP contribution in [0.2, 0.25) is 0 Å². The Kier molecular flexibility index (Phi) is 6.17. The number of aromatic hydroxyl groups is 2. The molecule has 1 aromatic carbocycles. The molecule has 1 rings (SSSR count). The van der Waals surface area contributed by atoms with Gasteiger partial charge < -0.3 is 15.9 Å². The van der Waals surface area contributed by atoms with E-state index in [0.29, 0.717) is 13.0 Å². The van der Waals surface area contributed by atoms with Crippen molar-refractivity contribution in [3.05, 3.63) is 23.8 Å². The standard InChI is InChI=1S/C8H11NO2.K.H/c9-4-3-6-1-2-7(10)8(11)5-6;;/h1-2,5,10-11H,3-4,9H2;;. The van der Waals surface area contributed by atoms with Crippen molar-refractivity contribution in [2.75, 3.05) is 6.54 Å². The van der Waals surface area contributed by atoms with Crippen LogP contribution in [0, 0.1) is 0 Å². The van der Waals surface area contributed by atoms with E-state index in [1.807, 2.05) is 0 Å². The third-order valence-corrected chi connectivity index (χ3v) is 1.47. The molecule has 4 heteroatoms. The molecule has 0 aromatic heterocycles. The van der Waals surface area contributed by atoms with Gasteiger partial charge in [0.15, 0.2) is 11.5 Å². The van der Waals surface area contributed by atoms with Crippen molar-refractivity contribution in [2.45, 2.75) is 6.42 Å². The van der Waals surface area contributed by atoms with Gasteiger partial charge in [0.1, 0.15) is 0 Å². The van der Waals surface area contributed by atoms with E-state index in [9.17, 15) is 0 Å². The van der Waals surface area contributed by atoms with Crippen LogP contribution in [-0.4, -0.2) is 68.1 Å². The van der Waals surface area contributed by atoms with Crippen LogP contribution in [0.1, 0.15) is 5.56 Å². The molecule has 3 nitrogen and oxygen atoms in total. The molecule has 0 aliphatic heterocycles. The fourth-order valence-corrected chi connectivity index (χ4v) is 0.891. The molecule has 0 aliphatic carbocycles. The van der Waals surface area contributed by atoms with Gasteiger partial charge in [0.05, 0.1) is 0 Å². The number of phenols is 2. The summed E-state index contributed by atoms with van der Waals surface area (Å²) in [5.74, 6) is -0.179. The molecule has 4 N–H and O–H groups in total. The zero-order valence-electron chi connectivity index (χ0n) is 6.12. The van der Waals surface area contributed by atoms with Crippen molar-refractivity contribution in [3.8, 4) is 11.5 Å². The van der Waals surface area contributed by atoms with Crippen LogP contribution in [-0.2, 0) is 6.42 Å². The third-order valence-electron chi connectivity index (χ3n) is 1.47. The van der Waals surface area contributed by atoms with Gasteiger partial charge >= 0.3 is 51.4 Å². The predicted molar refractivity (Wildman–Crippen MR) is 49.7 cm³/mol. The molecule has 62 valence electrons. The molecular formula is C8H12KNO2. The maximum atomic E-state index is 9.04. The van der Waals surface area contributed by atoms with E-state index in [0.717, 1.165) is 5.56 Å². The molecule has 0 fully saturated rings. The first-order valence-electron chi connectivity index (χ1n) is 3.45. The van der Waals surface area contributed by atoms with E-state index in [2.05, 4.69) is 0 Å². The molecule has 0 spiro atoms. The molecule has 1 aromatic rings. The van der Waals surface area contributed by atoms with Crippen LogP contribution in [0.25, 0.3) is 0 Å². The number of benzene rings is 1. The van der Waals surface area contributed by atoms with Gasteiger partial charge in [0.2, 0.25) is 0 Å². The third kappa shape index (κ3) is 3.43. The Morgan fingerprint density at radius 2 is 1.83 bits per heavy atom. The van der Waals surface area contributed by atoms with E-state index >= 15 is 0 Å². The molecule has 0 saturated heterocycles. The van der Waals surface area contributed by atoms with Crippen LogP contribution in [0.5, 0.6) is 11.5 Å². The van der Waals surface area contributed by atoms with Crippen molar-refractivity contribution < 1.29 is 10.2 Å². The minimum absolute atomic E-state index is 0. The Morgan fingerprint density at radius 3 is 2.33 bits per heavy atom. The Hall–Kier alpha value is 0.416. The second kappa shape index (κ2) is 5.96. The van der Waals surface area contributed by atoms with Crippen molar-refractivity contribution in [1.82, 2.24) is 0 Å². The number of hydrogen-bond acceptors (Lipinski definition) is 3. The summed E-state index contributed by atoms with van der Waals surface area (Å²) in [6.07, 6.45) is 0.716. The summed E-state index contributed by atoms with van der Waals surface area (Å²) in [7, 11) is 0. The zero-order valence-corrected chi connectivity index (χ0v) is 6.12. The van der Waals surface area contributed by atoms with Crippen molar-refractivity contribution in [1.29, 1.82) is 0 Å². The van der Waals surface area contributed by atoms with Gasteiger partial charge in [-0.25, -0.2) is 0 Å². The average Bonchev–Trinajstić information content (AvgIpc) is 1.98.